The molecule has 0 amide bonds. The lowest BCUT2D eigenvalue weighted by atomic mass is 9.89. The molecule has 2 aliphatic carbocycles. The third-order valence-electron chi connectivity index (χ3n) is 2.94. The average molecular weight is 292 g/mol. The van der Waals surface area contributed by atoms with Crippen molar-refractivity contribution in [2.75, 3.05) is 0 Å². The van der Waals surface area contributed by atoms with Crippen molar-refractivity contribution in [1.29, 1.82) is 0 Å². The third kappa shape index (κ3) is 2.22. The summed E-state index contributed by atoms with van der Waals surface area (Å²) in [4.78, 5) is 45.9. The van der Waals surface area contributed by atoms with Gasteiger partial charge in [0.2, 0.25) is 23.1 Å². The minimum atomic E-state index is -1.12. The van der Waals surface area contributed by atoms with Crippen LogP contribution in [0.15, 0.2) is 46.3 Å². The van der Waals surface area contributed by atoms with Crippen molar-refractivity contribution in [3.63, 3.8) is 0 Å². The van der Waals surface area contributed by atoms with E-state index in [0.29, 0.717) is 12.2 Å². The first-order chi connectivity index (χ1) is 9.73. The lowest BCUT2D eigenvalue weighted by molar-refractivity contribution is -0.120. The Balaban J connectivity index is 2.46. The first-order valence-corrected chi connectivity index (χ1v) is 5.57. The topological polar surface area (TPSA) is 149 Å². The normalized spacial score (nSPS) is 20.0. The van der Waals surface area contributed by atoms with Gasteiger partial charge in [-0.3, -0.25) is 19.2 Å². The summed E-state index contributed by atoms with van der Waals surface area (Å²) in [5.74, 6) is -8.26. The Bertz CT molecular complexity index is 667. The summed E-state index contributed by atoms with van der Waals surface area (Å²) in [7, 11) is 0. The maximum atomic E-state index is 11.7. The number of rotatable bonds is 2. The highest BCUT2D eigenvalue weighted by atomic mass is 16.3. The molecule has 108 valence electrons. The molecule has 0 atom stereocenters. The van der Waals surface area contributed by atoms with Gasteiger partial charge in [-0.15, -0.1) is 0 Å². The van der Waals surface area contributed by atoms with Gasteiger partial charge in [0.05, 0.1) is 11.1 Å². The highest BCUT2D eigenvalue weighted by Crippen LogP contribution is 2.27. The van der Waals surface area contributed by atoms with E-state index in [1.54, 1.807) is 0 Å². The van der Waals surface area contributed by atoms with Crippen LogP contribution in [0.2, 0.25) is 0 Å². The Hall–Kier alpha value is -3.16. The van der Waals surface area contributed by atoms with Crippen molar-refractivity contribution in [1.82, 2.24) is 0 Å². The number of carbonyl (C=O) groups is 4. The number of hydrogen-bond acceptors (Lipinski definition) is 8. The largest absolute Gasteiger partial charge is 0.504 e. The fourth-order valence-electron chi connectivity index (χ4n) is 1.84. The predicted octanol–water partition coefficient (Wildman–Crippen LogP) is 0.188. The monoisotopic (exact) mass is 292 g/mol. The van der Waals surface area contributed by atoms with Gasteiger partial charge in [0.1, 0.15) is 0 Å². The Morgan fingerprint density at radius 1 is 0.667 bits per heavy atom. The van der Waals surface area contributed by atoms with Gasteiger partial charge in [0.25, 0.3) is 0 Å². The van der Waals surface area contributed by atoms with Crippen LogP contribution in [0.5, 0.6) is 0 Å². The van der Waals surface area contributed by atoms with E-state index in [2.05, 4.69) is 0 Å². The molecule has 0 aromatic rings. The number of aliphatic hydroxyl groups excluding tert-OH is 4. The SMILES string of the molecule is O=C1C=C(O)C(=O)C(CC2=C(O)C(=O)C=C(O)C2=O)=C1O. The van der Waals surface area contributed by atoms with Gasteiger partial charge in [0, 0.05) is 18.6 Å². The fraction of sp³-hybridized carbons (Fsp3) is 0.0769. The summed E-state index contributed by atoms with van der Waals surface area (Å²) in [6.07, 6.45) is 0.212. The van der Waals surface area contributed by atoms with Crippen molar-refractivity contribution in [3.8, 4) is 0 Å². The second-order valence-corrected chi connectivity index (χ2v) is 4.28. The molecule has 0 radical (unpaired) electrons. The summed E-state index contributed by atoms with van der Waals surface area (Å²) >= 11 is 0. The number of Topliss-reactive ketones (excluding diaryl/α,β-unsaturated/α-hetero) is 2. The molecule has 0 aromatic heterocycles. The van der Waals surface area contributed by atoms with Crippen LogP contribution < -0.4 is 0 Å². The van der Waals surface area contributed by atoms with Gasteiger partial charge in [0.15, 0.2) is 23.0 Å². The third-order valence-corrected chi connectivity index (χ3v) is 2.94. The summed E-state index contributed by atoms with van der Waals surface area (Å²) < 4.78 is 0. The Labute approximate surface area is 116 Å². The Kier molecular flexibility index (Phi) is 3.22. The highest BCUT2D eigenvalue weighted by molar-refractivity contribution is 6.24. The molecule has 2 rings (SSSR count). The minimum Gasteiger partial charge on any atom is -0.504 e. The molecule has 0 bridgehead atoms. The molecule has 4 N–H and O–H groups in total. The van der Waals surface area contributed by atoms with Crippen molar-refractivity contribution < 1.29 is 39.6 Å². The molecule has 0 saturated heterocycles. The van der Waals surface area contributed by atoms with Crippen LogP contribution >= 0.6 is 0 Å². The van der Waals surface area contributed by atoms with E-state index >= 15 is 0 Å². The predicted molar refractivity (Wildman–Crippen MR) is 65.4 cm³/mol. The van der Waals surface area contributed by atoms with Gasteiger partial charge >= 0.3 is 0 Å². The van der Waals surface area contributed by atoms with Crippen LogP contribution in [0.1, 0.15) is 6.42 Å². The second-order valence-electron chi connectivity index (χ2n) is 4.28. The molecule has 0 heterocycles. The van der Waals surface area contributed by atoms with E-state index in [1.165, 1.54) is 0 Å². The summed E-state index contributed by atoms with van der Waals surface area (Å²) in [5, 5.41) is 37.6. The van der Waals surface area contributed by atoms with E-state index in [-0.39, 0.29) is 0 Å². The fourth-order valence-corrected chi connectivity index (χ4v) is 1.84. The summed E-state index contributed by atoms with van der Waals surface area (Å²) in [5.41, 5.74) is -1.31. The van der Waals surface area contributed by atoms with E-state index in [0.717, 1.165) is 0 Å². The minimum absolute atomic E-state index is 0.501. The quantitative estimate of drug-likeness (QED) is 0.527. The molecule has 21 heavy (non-hydrogen) atoms. The van der Waals surface area contributed by atoms with E-state index < -0.39 is 63.7 Å². The van der Waals surface area contributed by atoms with Gasteiger partial charge in [-0.25, -0.2) is 0 Å². The van der Waals surface area contributed by atoms with E-state index in [1.807, 2.05) is 0 Å². The van der Waals surface area contributed by atoms with Crippen molar-refractivity contribution in [2.45, 2.75) is 6.42 Å². The van der Waals surface area contributed by atoms with Crippen LogP contribution in [0.3, 0.4) is 0 Å². The molecular formula is C13H8O8. The number of ketones is 4. The zero-order valence-electron chi connectivity index (χ0n) is 10.3. The first-order valence-electron chi connectivity index (χ1n) is 5.57. The number of allylic oxidation sites excluding steroid dienone is 4. The lowest BCUT2D eigenvalue weighted by Gasteiger charge is -2.16. The Morgan fingerprint density at radius 2 is 1.00 bits per heavy atom. The molecular weight excluding hydrogens is 284 g/mol. The van der Waals surface area contributed by atoms with E-state index in [4.69, 9.17) is 0 Å². The summed E-state index contributed by atoms with van der Waals surface area (Å²) in [6, 6.07) is 0. The molecule has 8 heteroatoms. The van der Waals surface area contributed by atoms with Crippen molar-refractivity contribution >= 4 is 23.1 Å². The van der Waals surface area contributed by atoms with Crippen LogP contribution in [-0.4, -0.2) is 43.6 Å². The molecule has 0 fully saturated rings. The zero-order chi connectivity index (χ0) is 15.9. The number of carbonyl (C=O) groups excluding carboxylic acids is 4. The average Bonchev–Trinajstić information content (AvgIpc) is 2.42. The maximum Gasteiger partial charge on any atom is 0.227 e. The van der Waals surface area contributed by atoms with Crippen LogP contribution in [0, 0.1) is 0 Å². The molecule has 0 spiro atoms. The van der Waals surface area contributed by atoms with Gasteiger partial charge < -0.3 is 20.4 Å². The van der Waals surface area contributed by atoms with Gasteiger partial charge in [-0.05, 0) is 0 Å². The molecule has 8 nitrogen and oxygen atoms in total. The zero-order valence-corrected chi connectivity index (χ0v) is 10.3. The molecule has 0 aromatic carbocycles. The summed E-state index contributed by atoms with van der Waals surface area (Å²) in [6.45, 7) is 0. The van der Waals surface area contributed by atoms with Crippen LogP contribution in [0.4, 0.5) is 0 Å². The van der Waals surface area contributed by atoms with Gasteiger partial charge in [-0.2, -0.15) is 0 Å². The molecule has 0 unspecified atom stereocenters. The van der Waals surface area contributed by atoms with Crippen LogP contribution in [-0.2, 0) is 19.2 Å². The lowest BCUT2D eigenvalue weighted by Crippen LogP contribution is -2.24. The first kappa shape index (κ1) is 14.3. The number of aliphatic hydroxyl groups is 4. The Morgan fingerprint density at radius 3 is 1.33 bits per heavy atom. The standard InChI is InChI=1S/C13H8O8/c14-6-2-7(15)11(19)4(10(6)18)1-5-12(20)8(16)3-9(17)13(5)21/h2-3,14,16,19,21H,1H2. The van der Waals surface area contributed by atoms with Gasteiger partial charge in [-0.1, -0.05) is 0 Å². The highest BCUT2D eigenvalue weighted by Gasteiger charge is 2.34. The second kappa shape index (κ2) is 4.75. The van der Waals surface area contributed by atoms with Crippen molar-refractivity contribution in [3.05, 3.63) is 46.3 Å². The molecule has 0 aliphatic heterocycles. The molecule has 2 aliphatic rings. The smallest absolute Gasteiger partial charge is 0.227 e. The number of hydrogen-bond donors (Lipinski definition) is 4. The molecule has 0 saturated carbocycles. The van der Waals surface area contributed by atoms with Crippen molar-refractivity contribution in [2.24, 2.45) is 0 Å². The maximum absolute atomic E-state index is 11.7. The van der Waals surface area contributed by atoms with E-state index in [9.17, 15) is 39.6 Å². The van der Waals surface area contributed by atoms with Crippen LogP contribution in [0.25, 0.3) is 0 Å².